The zero-order chi connectivity index (χ0) is 14.5. The highest BCUT2D eigenvalue weighted by Crippen LogP contribution is 2.23. The molecule has 1 fully saturated rings. The molecule has 0 spiro atoms. The van der Waals surface area contributed by atoms with Gasteiger partial charge in [0.2, 0.25) is 0 Å². The van der Waals surface area contributed by atoms with Gasteiger partial charge in [-0.25, -0.2) is 4.98 Å². The summed E-state index contributed by atoms with van der Waals surface area (Å²) in [7, 11) is 1.80. The second kappa shape index (κ2) is 7.04. The van der Waals surface area contributed by atoms with E-state index in [1.807, 2.05) is 6.20 Å². The van der Waals surface area contributed by atoms with Crippen molar-refractivity contribution in [2.45, 2.75) is 45.9 Å². The van der Waals surface area contributed by atoms with E-state index in [1.54, 1.807) is 7.11 Å². The SMILES string of the molecule is COC1CN(c2ccc(CNC(C)C)cn2)CCC1C. The Hall–Kier alpha value is -1.13. The third-order valence-corrected chi connectivity index (χ3v) is 4.04. The molecule has 1 aromatic heterocycles. The van der Waals surface area contributed by atoms with Gasteiger partial charge in [0.15, 0.2) is 0 Å². The van der Waals surface area contributed by atoms with Crippen LogP contribution in [0.25, 0.3) is 0 Å². The summed E-state index contributed by atoms with van der Waals surface area (Å²) in [6, 6.07) is 4.79. The summed E-state index contributed by atoms with van der Waals surface area (Å²) in [6.45, 7) is 9.46. The molecule has 4 heteroatoms. The molecule has 0 saturated carbocycles. The van der Waals surface area contributed by atoms with Gasteiger partial charge < -0.3 is 15.0 Å². The Morgan fingerprint density at radius 2 is 2.25 bits per heavy atom. The largest absolute Gasteiger partial charge is 0.379 e. The number of nitrogens with one attached hydrogen (secondary N) is 1. The van der Waals surface area contributed by atoms with Crippen molar-refractivity contribution in [2.24, 2.45) is 5.92 Å². The molecule has 2 atom stereocenters. The molecule has 0 aliphatic carbocycles. The highest BCUT2D eigenvalue weighted by molar-refractivity contribution is 5.40. The summed E-state index contributed by atoms with van der Waals surface area (Å²) in [5, 5.41) is 3.41. The minimum Gasteiger partial charge on any atom is -0.379 e. The predicted octanol–water partition coefficient (Wildman–Crippen LogP) is 2.44. The predicted molar refractivity (Wildman–Crippen MR) is 83.0 cm³/mol. The van der Waals surface area contributed by atoms with Crippen LogP contribution < -0.4 is 10.2 Å². The van der Waals surface area contributed by atoms with Gasteiger partial charge >= 0.3 is 0 Å². The first-order chi connectivity index (χ1) is 9.60. The van der Waals surface area contributed by atoms with Crippen molar-refractivity contribution >= 4 is 5.82 Å². The van der Waals surface area contributed by atoms with Crippen molar-refractivity contribution in [1.29, 1.82) is 0 Å². The van der Waals surface area contributed by atoms with Gasteiger partial charge in [0.05, 0.1) is 6.10 Å². The van der Waals surface area contributed by atoms with E-state index in [-0.39, 0.29) is 0 Å². The molecule has 2 unspecified atom stereocenters. The summed E-state index contributed by atoms with van der Waals surface area (Å²) in [5.41, 5.74) is 1.23. The molecule has 2 heterocycles. The molecule has 0 aromatic carbocycles. The average molecular weight is 277 g/mol. The number of hydrogen-bond donors (Lipinski definition) is 1. The fourth-order valence-corrected chi connectivity index (χ4v) is 2.58. The molecule has 1 N–H and O–H groups in total. The summed E-state index contributed by atoms with van der Waals surface area (Å²) in [6.07, 6.45) is 3.45. The van der Waals surface area contributed by atoms with Crippen LogP contribution in [0.4, 0.5) is 5.82 Å². The van der Waals surface area contributed by atoms with Crippen LogP contribution in [-0.4, -0.2) is 37.3 Å². The smallest absolute Gasteiger partial charge is 0.128 e. The molecular formula is C16H27N3O. The zero-order valence-electron chi connectivity index (χ0n) is 13.1. The Balaban J connectivity index is 1.96. The van der Waals surface area contributed by atoms with Crippen LogP contribution in [0.15, 0.2) is 18.3 Å². The van der Waals surface area contributed by atoms with Crippen LogP contribution in [0.3, 0.4) is 0 Å². The lowest BCUT2D eigenvalue weighted by atomic mass is 9.96. The zero-order valence-corrected chi connectivity index (χ0v) is 13.1. The highest BCUT2D eigenvalue weighted by atomic mass is 16.5. The monoisotopic (exact) mass is 277 g/mol. The fraction of sp³-hybridized carbons (Fsp3) is 0.688. The van der Waals surface area contributed by atoms with Crippen LogP contribution in [-0.2, 0) is 11.3 Å². The number of ether oxygens (including phenoxy) is 1. The van der Waals surface area contributed by atoms with Crippen molar-refractivity contribution < 1.29 is 4.74 Å². The Labute approximate surface area is 122 Å². The van der Waals surface area contributed by atoms with Crippen molar-refractivity contribution in [3.8, 4) is 0 Å². The minimum absolute atomic E-state index is 0.313. The molecule has 1 aromatic rings. The maximum atomic E-state index is 5.56. The van der Waals surface area contributed by atoms with Crippen molar-refractivity contribution in [3.63, 3.8) is 0 Å². The number of nitrogens with zero attached hydrogens (tertiary/aromatic N) is 2. The topological polar surface area (TPSA) is 37.4 Å². The third kappa shape index (κ3) is 3.93. The second-order valence-corrected chi connectivity index (χ2v) is 6.05. The van der Waals surface area contributed by atoms with E-state index >= 15 is 0 Å². The van der Waals surface area contributed by atoms with Gasteiger partial charge in [0.25, 0.3) is 0 Å². The van der Waals surface area contributed by atoms with Gasteiger partial charge in [-0.2, -0.15) is 0 Å². The van der Waals surface area contributed by atoms with E-state index in [0.29, 0.717) is 18.1 Å². The average Bonchev–Trinajstić information content (AvgIpc) is 2.46. The molecule has 4 nitrogen and oxygen atoms in total. The standard InChI is InChI=1S/C16H27N3O/c1-12(2)17-9-14-5-6-16(18-10-14)19-8-7-13(3)15(11-19)20-4/h5-6,10,12-13,15,17H,7-9,11H2,1-4H3. The maximum absolute atomic E-state index is 5.56. The fourth-order valence-electron chi connectivity index (χ4n) is 2.58. The quantitative estimate of drug-likeness (QED) is 0.897. The lowest BCUT2D eigenvalue weighted by molar-refractivity contribution is 0.0496. The number of aromatic nitrogens is 1. The van der Waals surface area contributed by atoms with Gasteiger partial charge in [-0.3, -0.25) is 0 Å². The number of rotatable bonds is 5. The number of hydrogen-bond acceptors (Lipinski definition) is 4. The van der Waals surface area contributed by atoms with Crippen molar-refractivity contribution in [2.75, 3.05) is 25.1 Å². The molecule has 20 heavy (non-hydrogen) atoms. The molecule has 112 valence electrons. The Morgan fingerprint density at radius 1 is 1.45 bits per heavy atom. The first-order valence-corrected chi connectivity index (χ1v) is 7.56. The molecule has 2 rings (SSSR count). The lowest BCUT2D eigenvalue weighted by Crippen LogP contribution is -2.44. The van der Waals surface area contributed by atoms with Gasteiger partial charge in [-0.15, -0.1) is 0 Å². The van der Waals surface area contributed by atoms with Crippen molar-refractivity contribution in [3.05, 3.63) is 23.9 Å². The van der Waals surface area contributed by atoms with E-state index < -0.39 is 0 Å². The van der Waals surface area contributed by atoms with E-state index in [2.05, 4.69) is 48.1 Å². The number of methoxy groups -OCH3 is 1. The van der Waals surface area contributed by atoms with Gasteiger partial charge in [0.1, 0.15) is 5.82 Å². The van der Waals surface area contributed by atoms with Gasteiger partial charge in [-0.1, -0.05) is 26.8 Å². The molecule has 1 aliphatic rings. The number of anilines is 1. The lowest BCUT2D eigenvalue weighted by Gasteiger charge is -2.36. The summed E-state index contributed by atoms with van der Waals surface area (Å²) < 4.78 is 5.56. The number of pyridine rings is 1. The van der Waals surface area contributed by atoms with E-state index in [0.717, 1.165) is 31.9 Å². The normalized spacial score (nSPS) is 23.4. The Kier molecular flexibility index (Phi) is 5.38. The van der Waals surface area contributed by atoms with Crippen LogP contribution in [0.1, 0.15) is 32.8 Å². The minimum atomic E-state index is 0.313. The molecular weight excluding hydrogens is 250 g/mol. The van der Waals surface area contributed by atoms with Crippen LogP contribution in [0, 0.1) is 5.92 Å². The number of piperidine rings is 1. The van der Waals surface area contributed by atoms with Crippen molar-refractivity contribution in [1.82, 2.24) is 10.3 Å². The molecule has 1 saturated heterocycles. The van der Waals surface area contributed by atoms with Gasteiger partial charge in [-0.05, 0) is 24.0 Å². The summed E-state index contributed by atoms with van der Waals surface area (Å²) >= 11 is 0. The first kappa shape index (κ1) is 15.3. The highest BCUT2D eigenvalue weighted by Gasteiger charge is 2.26. The first-order valence-electron chi connectivity index (χ1n) is 7.56. The molecule has 1 aliphatic heterocycles. The third-order valence-electron chi connectivity index (χ3n) is 4.04. The Morgan fingerprint density at radius 3 is 2.85 bits per heavy atom. The van der Waals surface area contributed by atoms with Crippen LogP contribution in [0.2, 0.25) is 0 Å². The van der Waals surface area contributed by atoms with Gasteiger partial charge in [0, 0.05) is 39.0 Å². The molecule has 0 bridgehead atoms. The summed E-state index contributed by atoms with van der Waals surface area (Å²) in [4.78, 5) is 6.93. The van der Waals surface area contributed by atoms with E-state index in [1.165, 1.54) is 5.56 Å². The molecule has 0 radical (unpaired) electrons. The second-order valence-electron chi connectivity index (χ2n) is 6.05. The van der Waals surface area contributed by atoms with Crippen LogP contribution in [0.5, 0.6) is 0 Å². The Bertz CT molecular complexity index is 405. The summed E-state index contributed by atoms with van der Waals surface area (Å²) in [5.74, 6) is 1.69. The van der Waals surface area contributed by atoms with E-state index in [4.69, 9.17) is 4.74 Å². The van der Waals surface area contributed by atoms with Crippen LogP contribution >= 0.6 is 0 Å². The maximum Gasteiger partial charge on any atom is 0.128 e. The van der Waals surface area contributed by atoms with E-state index in [9.17, 15) is 0 Å². The molecule has 0 amide bonds.